The van der Waals surface area contributed by atoms with Gasteiger partial charge in [-0.2, -0.15) is 0 Å². The van der Waals surface area contributed by atoms with E-state index in [1.165, 1.54) is 6.07 Å². The zero-order chi connectivity index (χ0) is 14.5. The molecule has 108 valence electrons. The molecule has 0 aliphatic carbocycles. The van der Waals surface area contributed by atoms with Gasteiger partial charge in [0.15, 0.2) is 0 Å². The van der Waals surface area contributed by atoms with E-state index in [1.807, 2.05) is 4.90 Å². The van der Waals surface area contributed by atoms with E-state index in [4.69, 9.17) is 4.84 Å². The molecule has 0 spiro atoms. The minimum absolute atomic E-state index is 0.0453. The van der Waals surface area contributed by atoms with Crippen molar-refractivity contribution in [1.82, 2.24) is 5.48 Å². The molecule has 7 heteroatoms. The predicted octanol–water partition coefficient (Wildman–Crippen LogP) is 1.88. The number of hydrogen-bond donors (Lipinski definition) is 1. The highest BCUT2D eigenvalue weighted by molar-refractivity contribution is 5.95. The predicted molar refractivity (Wildman–Crippen MR) is 73.6 cm³/mol. The van der Waals surface area contributed by atoms with Crippen LogP contribution in [-0.2, 0) is 4.84 Å². The fraction of sp³-hybridized carbons (Fsp3) is 0.462. The van der Waals surface area contributed by atoms with Crippen LogP contribution in [0, 0.1) is 10.1 Å². The number of amides is 1. The van der Waals surface area contributed by atoms with Crippen molar-refractivity contribution in [3.63, 3.8) is 0 Å². The molecule has 1 N–H and O–H groups in total. The van der Waals surface area contributed by atoms with Gasteiger partial charge in [0.05, 0.1) is 11.5 Å². The van der Waals surface area contributed by atoms with E-state index in [1.54, 1.807) is 19.1 Å². The first kappa shape index (κ1) is 14.3. The molecule has 20 heavy (non-hydrogen) atoms. The largest absolute Gasteiger partial charge is 0.366 e. The Balaban J connectivity index is 2.27. The number of nitrogens with one attached hydrogen (secondary N) is 1. The molecular weight excluding hydrogens is 262 g/mol. The van der Waals surface area contributed by atoms with E-state index < -0.39 is 10.8 Å². The van der Waals surface area contributed by atoms with Crippen molar-refractivity contribution in [2.45, 2.75) is 19.8 Å². The Morgan fingerprint density at radius 3 is 2.75 bits per heavy atom. The number of hydrogen-bond acceptors (Lipinski definition) is 5. The van der Waals surface area contributed by atoms with Crippen LogP contribution in [0.25, 0.3) is 0 Å². The molecule has 1 aromatic rings. The second-order valence-electron chi connectivity index (χ2n) is 4.52. The van der Waals surface area contributed by atoms with Gasteiger partial charge < -0.3 is 4.90 Å². The normalized spacial score (nSPS) is 14.3. The molecule has 7 nitrogen and oxygen atoms in total. The van der Waals surface area contributed by atoms with Gasteiger partial charge in [0, 0.05) is 24.7 Å². The number of nitro benzene ring substituents is 1. The van der Waals surface area contributed by atoms with Gasteiger partial charge in [0.1, 0.15) is 5.69 Å². The monoisotopic (exact) mass is 279 g/mol. The second kappa shape index (κ2) is 6.33. The lowest BCUT2D eigenvalue weighted by molar-refractivity contribution is -0.384. The standard InChI is InChI=1S/C13H17N3O4/c1-2-20-14-13(17)10-5-6-11(12(9-10)16(18)19)15-7-3-4-8-15/h5-6,9H,2-4,7-8H2,1H3,(H,14,17). The van der Waals surface area contributed by atoms with Crippen molar-refractivity contribution in [1.29, 1.82) is 0 Å². The van der Waals surface area contributed by atoms with Gasteiger partial charge in [0.25, 0.3) is 11.6 Å². The lowest BCUT2D eigenvalue weighted by Gasteiger charge is -2.17. The Kier molecular flexibility index (Phi) is 4.52. The number of benzene rings is 1. The third kappa shape index (κ3) is 3.05. The molecule has 0 atom stereocenters. The smallest absolute Gasteiger partial charge is 0.293 e. The molecule has 1 saturated heterocycles. The number of carbonyl (C=O) groups excluding carboxylic acids is 1. The topological polar surface area (TPSA) is 84.7 Å². The van der Waals surface area contributed by atoms with Crippen LogP contribution >= 0.6 is 0 Å². The van der Waals surface area contributed by atoms with Crippen molar-refractivity contribution in [2.24, 2.45) is 0 Å². The fourth-order valence-electron chi connectivity index (χ4n) is 2.23. The van der Waals surface area contributed by atoms with Crippen molar-refractivity contribution in [2.75, 3.05) is 24.6 Å². The molecule has 1 aromatic carbocycles. The molecule has 0 unspecified atom stereocenters. The molecule has 0 radical (unpaired) electrons. The third-order valence-electron chi connectivity index (χ3n) is 3.19. The van der Waals surface area contributed by atoms with Gasteiger partial charge in [0.2, 0.25) is 0 Å². The Morgan fingerprint density at radius 2 is 2.15 bits per heavy atom. The second-order valence-corrected chi connectivity index (χ2v) is 4.52. The summed E-state index contributed by atoms with van der Waals surface area (Å²) in [6.07, 6.45) is 2.06. The van der Waals surface area contributed by atoms with Gasteiger partial charge in [-0.1, -0.05) is 0 Å². The summed E-state index contributed by atoms with van der Waals surface area (Å²) in [6.45, 7) is 3.69. The molecule has 1 amide bonds. The molecule has 2 rings (SSSR count). The number of nitro groups is 1. The van der Waals surface area contributed by atoms with E-state index in [0.29, 0.717) is 12.3 Å². The molecule has 0 saturated carbocycles. The van der Waals surface area contributed by atoms with Crippen LogP contribution in [0.2, 0.25) is 0 Å². The van der Waals surface area contributed by atoms with Crippen LogP contribution < -0.4 is 10.4 Å². The van der Waals surface area contributed by atoms with Crippen molar-refractivity contribution in [3.8, 4) is 0 Å². The Hall–Kier alpha value is -2.15. The molecule has 1 aliphatic rings. The summed E-state index contributed by atoms with van der Waals surface area (Å²) in [5.74, 6) is -0.483. The summed E-state index contributed by atoms with van der Waals surface area (Å²) >= 11 is 0. The van der Waals surface area contributed by atoms with Gasteiger partial charge >= 0.3 is 0 Å². The van der Waals surface area contributed by atoms with E-state index in [-0.39, 0.29) is 11.3 Å². The van der Waals surface area contributed by atoms with Crippen LogP contribution in [0.1, 0.15) is 30.1 Å². The minimum atomic E-state index is -0.483. The molecule has 1 aliphatic heterocycles. The molecule has 1 fully saturated rings. The average Bonchev–Trinajstić information content (AvgIpc) is 2.98. The number of carbonyl (C=O) groups is 1. The van der Waals surface area contributed by atoms with Crippen LogP contribution in [0.4, 0.5) is 11.4 Å². The lowest BCUT2D eigenvalue weighted by Crippen LogP contribution is -2.24. The summed E-state index contributed by atoms with van der Waals surface area (Å²) in [6, 6.07) is 4.50. The first-order valence-electron chi connectivity index (χ1n) is 6.59. The Labute approximate surface area is 116 Å². The maximum absolute atomic E-state index is 11.7. The summed E-state index contributed by atoms with van der Waals surface area (Å²) in [7, 11) is 0. The van der Waals surface area contributed by atoms with Crippen LogP contribution in [-0.4, -0.2) is 30.5 Å². The first-order chi connectivity index (χ1) is 9.63. The highest BCUT2D eigenvalue weighted by Gasteiger charge is 2.23. The van der Waals surface area contributed by atoms with Crippen molar-refractivity contribution < 1.29 is 14.6 Å². The van der Waals surface area contributed by atoms with Gasteiger partial charge in [-0.25, -0.2) is 5.48 Å². The van der Waals surface area contributed by atoms with Crippen LogP contribution in [0.5, 0.6) is 0 Å². The molecule has 0 bridgehead atoms. The Morgan fingerprint density at radius 1 is 1.45 bits per heavy atom. The van der Waals surface area contributed by atoms with Crippen molar-refractivity contribution >= 4 is 17.3 Å². The summed E-state index contributed by atoms with van der Waals surface area (Å²) in [5.41, 5.74) is 2.97. The zero-order valence-electron chi connectivity index (χ0n) is 11.3. The third-order valence-corrected chi connectivity index (χ3v) is 3.19. The average molecular weight is 279 g/mol. The number of nitrogens with zero attached hydrogens (tertiary/aromatic N) is 2. The first-order valence-corrected chi connectivity index (χ1v) is 6.59. The fourth-order valence-corrected chi connectivity index (χ4v) is 2.23. The van der Waals surface area contributed by atoms with Crippen molar-refractivity contribution in [3.05, 3.63) is 33.9 Å². The van der Waals surface area contributed by atoms with Gasteiger partial charge in [-0.15, -0.1) is 0 Å². The van der Waals surface area contributed by atoms with E-state index in [9.17, 15) is 14.9 Å². The quantitative estimate of drug-likeness (QED) is 0.657. The van der Waals surface area contributed by atoms with Crippen LogP contribution in [0.3, 0.4) is 0 Å². The van der Waals surface area contributed by atoms with E-state index in [0.717, 1.165) is 25.9 Å². The molecule has 1 heterocycles. The van der Waals surface area contributed by atoms with Crippen LogP contribution in [0.15, 0.2) is 18.2 Å². The summed E-state index contributed by atoms with van der Waals surface area (Å²) in [4.78, 5) is 29.2. The number of anilines is 1. The maximum atomic E-state index is 11.7. The van der Waals surface area contributed by atoms with Gasteiger partial charge in [-0.05, 0) is 31.9 Å². The Bertz CT molecular complexity index is 512. The number of hydroxylamine groups is 1. The number of rotatable bonds is 5. The highest BCUT2D eigenvalue weighted by Crippen LogP contribution is 2.31. The molecular formula is C13H17N3O4. The highest BCUT2D eigenvalue weighted by atomic mass is 16.6. The van der Waals surface area contributed by atoms with Gasteiger partial charge in [-0.3, -0.25) is 19.7 Å². The lowest BCUT2D eigenvalue weighted by atomic mass is 10.1. The SMILES string of the molecule is CCONC(=O)c1ccc(N2CCCC2)c([N+](=O)[O-])c1. The maximum Gasteiger partial charge on any atom is 0.293 e. The van der Waals surface area contributed by atoms with E-state index in [2.05, 4.69) is 5.48 Å². The zero-order valence-corrected chi connectivity index (χ0v) is 11.3. The summed E-state index contributed by atoms with van der Waals surface area (Å²) in [5, 5.41) is 11.2. The summed E-state index contributed by atoms with van der Waals surface area (Å²) < 4.78 is 0. The van der Waals surface area contributed by atoms with E-state index >= 15 is 0 Å². The molecule has 0 aromatic heterocycles. The minimum Gasteiger partial charge on any atom is -0.366 e.